The van der Waals surface area contributed by atoms with E-state index in [4.69, 9.17) is 12.2 Å². The molecule has 1 atom stereocenters. The lowest BCUT2D eigenvalue weighted by Gasteiger charge is -2.18. The molecule has 1 unspecified atom stereocenters. The van der Waals surface area contributed by atoms with E-state index in [2.05, 4.69) is 44.2 Å². The van der Waals surface area contributed by atoms with Crippen molar-refractivity contribution in [3.63, 3.8) is 0 Å². The summed E-state index contributed by atoms with van der Waals surface area (Å²) in [6.45, 7) is 2.19. The van der Waals surface area contributed by atoms with Gasteiger partial charge in [-0.15, -0.1) is 11.3 Å². The Kier molecular flexibility index (Phi) is 4.26. The van der Waals surface area contributed by atoms with Gasteiger partial charge in [-0.3, -0.25) is 14.6 Å². The zero-order chi connectivity index (χ0) is 14.7. The lowest BCUT2D eigenvalue weighted by atomic mass is 10.1. The topological polar surface area (TPSA) is 46.5 Å². The summed E-state index contributed by atoms with van der Waals surface area (Å²) in [7, 11) is 0. The molecule has 0 amide bonds. The minimum absolute atomic E-state index is 0.219. The number of hydrogen-bond donors (Lipinski definition) is 1. The number of aromatic amines is 1. The molecule has 108 valence electrons. The van der Waals surface area contributed by atoms with Crippen LogP contribution in [-0.2, 0) is 0 Å². The first-order chi connectivity index (χ1) is 10.3. The van der Waals surface area contributed by atoms with E-state index in [1.54, 1.807) is 17.5 Å². The van der Waals surface area contributed by atoms with Gasteiger partial charge in [0.25, 0.3) is 0 Å². The van der Waals surface area contributed by atoms with E-state index >= 15 is 0 Å². The van der Waals surface area contributed by atoms with Crippen molar-refractivity contribution >= 4 is 23.6 Å². The number of hydrogen-bond acceptors (Lipinski definition) is 4. The Morgan fingerprint density at radius 3 is 2.95 bits per heavy atom. The molecule has 0 fully saturated rings. The fraction of sp³-hybridized carbons (Fsp3) is 0.267. The number of nitrogens with zero attached hydrogens (tertiary/aromatic N) is 3. The maximum Gasteiger partial charge on any atom is 0.196 e. The molecule has 3 aromatic heterocycles. The van der Waals surface area contributed by atoms with Gasteiger partial charge in [-0.2, -0.15) is 5.10 Å². The molecule has 0 saturated heterocycles. The van der Waals surface area contributed by atoms with Crippen LogP contribution >= 0.6 is 23.6 Å². The van der Waals surface area contributed by atoms with Crippen LogP contribution in [0.25, 0.3) is 11.4 Å². The molecular weight excluding hydrogens is 300 g/mol. The second kappa shape index (κ2) is 6.32. The quantitative estimate of drug-likeness (QED) is 0.707. The zero-order valence-corrected chi connectivity index (χ0v) is 13.3. The van der Waals surface area contributed by atoms with E-state index in [1.165, 1.54) is 4.88 Å². The highest BCUT2D eigenvalue weighted by Crippen LogP contribution is 2.31. The highest BCUT2D eigenvalue weighted by Gasteiger charge is 2.20. The monoisotopic (exact) mass is 316 g/mol. The summed E-state index contributed by atoms with van der Waals surface area (Å²) in [5.41, 5.74) is 0.975. The Bertz CT molecular complexity index is 744. The summed E-state index contributed by atoms with van der Waals surface area (Å²) in [5, 5.41) is 9.44. The molecule has 6 heteroatoms. The van der Waals surface area contributed by atoms with Gasteiger partial charge in [0.2, 0.25) is 0 Å². The van der Waals surface area contributed by atoms with Gasteiger partial charge < -0.3 is 0 Å². The molecule has 3 heterocycles. The first-order valence-electron chi connectivity index (χ1n) is 6.92. The third kappa shape index (κ3) is 2.82. The Morgan fingerprint density at radius 1 is 1.38 bits per heavy atom. The first kappa shape index (κ1) is 14.2. The summed E-state index contributed by atoms with van der Waals surface area (Å²) in [4.78, 5) is 5.49. The molecule has 21 heavy (non-hydrogen) atoms. The van der Waals surface area contributed by atoms with E-state index < -0.39 is 0 Å². The van der Waals surface area contributed by atoms with E-state index in [1.807, 2.05) is 18.3 Å². The maximum absolute atomic E-state index is 5.47. The molecule has 4 nitrogen and oxygen atoms in total. The normalized spacial score (nSPS) is 12.4. The minimum atomic E-state index is 0.219. The van der Waals surface area contributed by atoms with Gasteiger partial charge in [-0.1, -0.05) is 19.4 Å². The van der Waals surface area contributed by atoms with Crippen LogP contribution in [0.1, 0.15) is 30.7 Å². The number of thiophene rings is 1. The van der Waals surface area contributed by atoms with E-state index in [-0.39, 0.29) is 6.04 Å². The molecule has 3 aromatic rings. The van der Waals surface area contributed by atoms with Gasteiger partial charge >= 0.3 is 0 Å². The van der Waals surface area contributed by atoms with Crippen molar-refractivity contribution in [2.24, 2.45) is 0 Å². The molecule has 3 rings (SSSR count). The molecule has 0 radical (unpaired) electrons. The second-order valence-corrected chi connectivity index (χ2v) is 6.15. The maximum atomic E-state index is 5.47. The van der Waals surface area contributed by atoms with E-state index in [9.17, 15) is 0 Å². The van der Waals surface area contributed by atoms with Crippen LogP contribution in [0, 0.1) is 4.77 Å². The standard InChI is InChI=1S/C15H16N4S2/c1-2-5-12(13-7-4-9-21-13)19-14(17-18-15(19)20)11-6-3-8-16-10-11/h3-4,6-10,12H,2,5H2,1H3,(H,18,20). The fourth-order valence-electron chi connectivity index (χ4n) is 2.45. The number of rotatable bonds is 5. The van der Waals surface area contributed by atoms with Gasteiger partial charge in [0.05, 0.1) is 6.04 Å². The van der Waals surface area contributed by atoms with Gasteiger partial charge in [0.1, 0.15) is 0 Å². The molecule has 0 aliphatic carbocycles. The lowest BCUT2D eigenvalue weighted by Crippen LogP contribution is -2.11. The SMILES string of the molecule is CCCC(c1cccs1)n1c(-c2cccnc2)n[nH]c1=S. The smallest absolute Gasteiger partial charge is 0.196 e. The predicted molar refractivity (Wildman–Crippen MR) is 88.0 cm³/mol. The number of nitrogens with one attached hydrogen (secondary N) is 1. The van der Waals surface area contributed by atoms with Crippen LogP contribution in [0.3, 0.4) is 0 Å². The second-order valence-electron chi connectivity index (χ2n) is 4.78. The third-order valence-corrected chi connectivity index (χ3v) is 4.63. The van der Waals surface area contributed by atoms with Crippen molar-refractivity contribution in [2.45, 2.75) is 25.8 Å². The Hall–Kier alpha value is -1.79. The van der Waals surface area contributed by atoms with Gasteiger partial charge in [0, 0.05) is 22.8 Å². The van der Waals surface area contributed by atoms with Crippen molar-refractivity contribution < 1.29 is 0 Å². The van der Waals surface area contributed by atoms with Crippen LogP contribution in [0.4, 0.5) is 0 Å². The first-order valence-corrected chi connectivity index (χ1v) is 8.20. The van der Waals surface area contributed by atoms with Crippen LogP contribution in [0.2, 0.25) is 0 Å². The molecule has 0 aromatic carbocycles. The van der Waals surface area contributed by atoms with E-state index in [0.29, 0.717) is 4.77 Å². The van der Waals surface area contributed by atoms with Crippen molar-refractivity contribution in [3.05, 3.63) is 51.7 Å². The molecule has 0 aliphatic heterocycles. The number of H-pyrrole nitrogens is 1. The van der Waals surface area contributed by atoms with Crippen molar-refractivity contribution in [1.29, 1.82) is 0 Å². The summed E-state index contributed by atoms with van der Waals surface area (Å²) in [6.07, 6.45) is 5.69. The largest absolute Gasteiger partial charge is 0.292 e. The molecular formula is C15H16N4S2. The van der Waals surface area contributed by atoms with Crippen LogP contribution < -0.4 is 0 Å². The molecule has 0 bridgehead atoms. The average molecular weight is 316 g/mol. The van der Waals surface area contributed by atoms with Crippen LogP contribution in [-0.4, -0.2) is 19.7 Å². The Labute approximate surface area is 132 Å². The van der Waals surface area contributed by atoms with Crippen molar-refractivity contribution in [2.75, 3.05) is 0 Å². The summed E-state index contributed by atoms with van der Waals surface area (Å²) < 4.78 is 2.77. The predicted octanol–water partition coefficient (Wildman–Crippen LogP) is 4.45. The average Bonchev–Trinajstić information content (AvgIpc) is 3.16. The fourth-order valence-corrected chi connectivity index (χ4v) is 3.56. The molecule has 0 saturated carbocycles. The van der Waals surface area contributed by atoms with Crippen molar-refractivity contribution in [3.8, 4) is 11.4 Å². The van der Waals surface area contributed by atoms with Gasteiger partial charge in [0.15, 0.2) is 10.6 Å². The van der Waals surface area contributed by atoms with E-state index in [0.717, 1.165) is 24.2 Å². The van der Waals surface area contributed by atoms with Crippen LogP contribution in [0.5, 0.6) is 0 Å². The highest BCUT2D eigenvalue weighted by molar-refractivity contribution is 7.71. The molecule has 0 aliphatic rings. The summed E-state index contributed by atoms with van der Waals surface area (Å²) >= 11 is 7.22. The minimum Gasteiger partial charge on any atom is -0.292 e. The van der Waals surface area contributed by atoms with Crippen molar-refractivity contribution in [1.82, 2.24) is 19.7 Å². The number of pyridine rings is 1. The van der Waals surface area contributed by atoms with Gasteiger partial charge in [-0.05, 0) is 42.2 Å². The highest BCUT2D eigenvalue weighted by atomic mass is 32.1. The molecule has 0 spiro atoms. The number of aromatic nitrogens is 4. The Balaban J connectivity index is 2.12. The summed E-state index contributed by atoms with van der Waals surface area (Å²) in [5.74, 6) is 0.847. The molecule has 1 N–H and O–H groups in total. The Morgan fingerprint density at radius 2 is 2.29 bits per heavy atom. The lowest BCUT2D eigenvalue weighted by molar-refractivity contribution is 0.539. The summed E-state index contributed by atoms with van der Waals surface area (Å²) in [6, 6.07) is 8.38. The van der Waals surface area contributed by atoms with Gasteiger partial charge in [-0.25, -0.2) is 0 Å². The van der Waals surface area contributed by atoms with Crippen LogP contribution in [0.15, 0.2) is 42.0 Å². The third-order valence-electron chi connectivity index (χ3n) is 3.37. The zero-order valence-electron chi connectivity index (χ0n) is 11.7.